The second kappa shape index (κ2) is 11.4. The minimum atomic E-state index is -0.905. The first-order valence-corrected chi connectivity index (χ1v) is 12.0. The number of ether oxygens (including phenoxy) is 2. The van der Waals surface area contributed by atoms with Crippen LogP contribution in [0.2, 0.25) is 10.0 Å². The Hall–Kier alpha value is -4.34. The number of halogens is 2. The SMILES string of the molecule is COc1ccccc1NC(=O)COc1ccc(Cl)cc1/C=C1/C(=O)NC(=O)N(c2cccc(Cl)c2C)C1=O. The number of nitrogens with zero attached hydrogens (tertiary/aromatic N) is 1. The van der Waals surface area contributed by atoms with Crippen LogP contribution in [-0.2, 0) is 14.4 Å². The van der Waals surface area contributed by atoms with Crippen LogP contribution in [-0.4, -0.2) is 37.5 Å². The van der Waals surface area contributed by atoms with Crippen LogP contribution in [0.15, 0.2) is 66.2 Å². The number of methoxy groups -OCH3 is 1. The molecular formula is C27H21Cl2N3O6. The average molecular weight is 554 g/mol. The van der Waals surface area contributed by atoms with E-state index in [0.717, 1.165) is 4.90 Å². The van der Waals surface area contributed by atoms with E-state index in [-0.39, 0.29) is 29.2 Å². The molecule has 3 aromatic carbocycles. The predicted octanol–water partition coefficient (Wildman–Crippen LogP) is 4.99. The summed E-state index contributed by atoms with van der Waals surface area (Å²) in [6.07, 6.45) is 1.25. The van der Waals surface area contributed by atoms with Gasteiger partial charge in [-0.15, -0.1) is 0 Å². The molecule has 194 valence electrons. The van der Waals surface area contributed by atoms with Crippen molar-refractivity contribution in [2.24, 2.45) is 0 Å². The summed E-state index contributed by atoms with van der Waals surface area (Å²) in [5.74, 6) is -1.56. The maximum atomic E-state index is 13.3. The molecule has 0 saturated carbocycles. The van der Waals surface area contributed by atoms with Crippen molar-refractivity contribution in [3.63, 3.8) is 0 Å². The van der Waals surface area contributed by atoms with Gasteiger partial charge in [0.05, 0.1) is 18.5 Å². The van der Waals surface area contributed by atoms with Gasteiger partial charge in [0.1, 0.15) is 17.1 Å². The summed E-state index contributed by atoms with van der Waals surface area (Å²) in [5.41, 5.74) is 1.09. The van der Waals surface area contributed by atoms with Crippen molar-refractivity contribution >= 4 is 64.4 Å². The van der Waals surface area contributed by atoms with E-state index in [0.29, 0.717) is 27.0 Å². The van der Waals surface area contributed by atoms with Gasteiger partial charge in [0, 0.05) is 15.6 Å². The Morgan fingerprint density at radius 1 is 1.03 bits per heavy atom. The number of rotatable bonds is 7. The molecule has 0 radical (unpaired) electrons. The van der Waals surface area contributed by atoms with Gasteiger partial charge >= 0.3 is 6.03 Å². The molecular weight excluding hydrogens is 533 g/mol. The van der Waals surface area contributed by atoms with Gasteiger partial charge in [0.2, 0.25) is 0 Å². The molecule has 0 atom stereocenters. The molecule has 4 rings (SSSR count). The highest BCUT2D eigenvalue weighted by Crippen LogP contribution is 2.31. The number of hydrogen-bond acceptors (Lipinski definition) is 6. The third-order valence-electron chi connectivity index (χ3n) is 5.59. The van der Waals surface area contributed by atoms with Crippen LogP contribution in [0.4, 0.5) is 16.2 Å². The van der Waals surface area contributed by atoms with Gasteiger partial charge in [0.25, 0.3) is 17.7 Å². The Labute approximate surface area is 227 Å². The zero-order valence-corrected chi connectivity index (χ0v) is 21.7. The molecule has 0 unspecified atom stereocenters. The zero-order chi connectivity index (χ0) is 27.4. The first kappa shape index (κ1) is 26.7. The lowest BCUT2D eigenvalue weighted by molar-refractivity contribution is -0.122. The normalized spacial score (nSPS) is 14.4. The quantitative estimate of drug-likeness (QED) is 0.314. The fourth-order valence-corrected chi connectivity index (χ4v) is 4.06. The maximum absolute atomic E-state index is 13.3. The van der Waals surface area contributed by atoms with E-state index in [1.165, 1.54) is 31.4 Å². The Kier molecular flexibility index (Phi) is 7.99. The Bertz CT molecular complexity index is 1490. The van der Waals surface area contributed by atoms with Crippen LogP contribution in [0.1, 0.15) is 11.1 Å². The second-order valence-electron chi connectivity index (χ2n) is 8.06. The van der Waals surface area contributed by atoms with E-state index < -0.39 is 23.8 Å². The molecule has 1 aliphatic heterocycles. The molecule has 0 aromatic heterocycles. The van der Waals surface area contributed by atoms with Crippen LogP contribution in [0.3, 0.4) is 0 Å². The van der Waals surface area contributed by atoms with Gasteiger partial charge in [-0.3, -0.25) is 19.7 Å². The number of benzene rings is 3. The lowest BCUT2D eigenvalue weighted by Crippen LogP contribution is -2.54. The number of carbonyl (C=O) groups excluding carboxylic acids is 4. The van der Waals surface area contributed by atoms with Crippen molar-refractivity contribution in [2.45, 2.75) is 6.92 Å². The molecule has 1 heterocycles. The van der Waals surface area contributed by atoms with Crippen LogP contribution < -0.4 is 25.0 Å². The third-order valence-corrected chi connectivity index (χ3v) is 6.24. The zero-order valence-electron chi connectivity index (χ0n) is 20.2. The summed E-state index contributed by atoms with van der Waals surface area (Å²) in [5, 5.41) is 5.50. The number of amides is 5. The molecule has 0 spiro atoms. The summed E-state index contributed by atoms with van der Waals surface area (Å²) in [4.78, 5) is 51.9. The van der Waals surface area contributed by atoms with Crippen molar-refractivity contribution in [3.05, 3.63) is 87.4 Å². The summed E-state index contributed by atoms with van der Waals surface area (Å²) < 4.78 is 10.9. The van der Waals surface area contributed by atoms with Gasteiger partial charge in [0.15, 0.2) is 6.61 Å². The standard InChI is InChI=1S/C27H21Cl2N3O6/c1-15-19(29)6-5-8-21(15)32-26(35)18(25(34)31-27(32)36)13-16-12-17(28)10-11-22(16)38-14-24(33)30-20-7-3-4-9-23(20)37-2/h3-13H,14H2,1-2H3,(H,30,33)(H,31,34,36)/b18-13-. The predicted molar refractivity (Wildman–Crippen MR) is 144 cm³/mol. The first-order valence-electron chi connectivity index (χ1n) is 11.2. The number of hydrogen-bond donors (Lipinski definition) is 2. The first-order chi connectivity index (χ1) is 18.2. The number of anilines is 2. The smallest absolute Gasteiger partial charge is 0.335 e. The highest BCUT2D eigenvalue weighted by molar-refractivity contribution is 6.40. The highest BCUT2D eigenvalue weighted by Gasteiger charge is 2.37. The lowest BCUT2D eigenvalue weighted by atomic mass is 10.0. The molecule has 5 amide bonds. The fourth-order valence-electron chi connectivity index (χ4n) is 3.71. The van der Waals surface area contributed by atoms with Crippen molar-refractivity contribution < 1.29 is 28.7 Å². The molecule has 1 fully saturated rings. The topological polar surface area (TPSA) is 114 Å². The van der Waals surface area contributed by atoms with Gasteiger partial charge in [-0.1, -0.05) is 41.4 Å². The van der Waals surface area contributed by atoms with Gasteiger partial charge < -0.3 is 14.8 Å². The minimum absolute atomic E-state index is 0.181. The molecule has 3 aromatic rings. The Morgan fingerprint density at radius 3 is 2.55 bits per heavy atom. The van der Waals surface area contributed by atoms with Crippen LogP contribution in [0, 0.1) is 6.92 Å². The number of imide groups is 2. The third kappa shape index (κ3) is 5.64. The molecule has 0 aliphatic carbocycles. The number of barbiturate groups is 1. The van der Waals surface area contributed by atoms with E-state index in [9.17, 15) is 19.2 Å². The van der Waals surface area contributed by atoms with Crippen LogP contribution >= 0.6 is 23.2 Å². The fraction of sp³-hybridized carbons (Fsp3) is 0.111. The van der Waals surface area contributed by atoms with E-state index in [1.807, 2.05) is 0 Å². The van der Waals surface area contributed by atoms with E-state index in [1.54, 1.807) is 49.4 Å². The molecule has 0 bridgehead atoms. The average Bonchev–Trinajstić information content (AvgIpc) is 2.88. The van der Waals surface area contributed by atoms with Crippen LogP contribution in [0.25, 0.3) is 6.08 Å². The summed E-state index contributed by atoms with van der Waals surface area (Å²) >= 11 is 12.3. The Morgan fingerprint density at radius 2 is 1.79 bits per heavy atom. The summed E-state index contributed by atoms with van der Waals surface area (Å²) in [7, 11) is 1.49. The van der Waals surface area contributed by atoms with Gasteiger partial charge in [-0.2, -0.15) is 0 Å². The number of para-hydroxylation sites is 2. The van der Waals surface area contributed by atoms with Crippen molar-refractivity contribution in [1.82, 2.24) is 5.32 Å². The molecule has 1 saturated heterocycles. The van der Waals surface area contributed by atoms with E-state index in [2.05, 4.69) is 10.6 Å². The molecule has 2 N–H and O–H groups in total. The van der Waals surface area contributed by atoms with Crippen molar-refractivity contribution in [2.75, 3.05) is 23.9 Å². The summed E-state index contributed by atoms with van der Waals surface area (Å²) in [6.45, 7) is 1.26. The number of nitrogens with one attached hydrogen (secondary N) is 2. The Balaban J connectivity index is 1.60. The van der Waals surface area contributed by atoms with E-state index in [4.69, 9.17) is 32.7 Å². The van der Waals surface area contributed by atoms with Crippen molar-refractivity contribution in [3.8, 4) is 11.5 Å². The number of carbonyl (C=O) groups is 4. The van der Waals surface area contributed by atoms with Crippen molar-refractivity contribution in [1.29, 1.82) is 0 Å². The van der Waals surface area contributed by atoms with Gasteiger partial charge in [-0.05, 0) is 61.0 Å². The largest absolute Gasteiger partial charge is 0.495 e. The van der Waals surface area contributed by atoms with Gasteiger partial charge in [-0.25, -0.2) is 9.69 Å². The minimum Gasteiger partial charge on any atom is -0.495 e. The highest BCUT2D eigenvalue weighted by atomic mass is 35.5. The second-order valence-corrected chi connectivity index (χ2v) is 8.90. The monoisotopic (exact) mass is 553 g/mol. The number of urea groups is 1. The lowest BCUT2D eigenvalue weighted by Gasteiger charge is -2.27. The van der Waals surface area contributed by atoms with E-state index >= 15 is 0 Å². The molecule has 9 nitrogen and oxygen atoms in total. The summed E-state index contributed by atoms with van der Waals surface area (Å²) in [6, 6.07) is 15.2. The molecule has 11 heteroatoms. The van der Waals surface area contributed by atoms with Crippen LogP contribution in [0.5, 0.6) is 11.5 Å². The molecule has 1 aliphatic rings. The molecule has 38 heavy (non-hydrogen) atoms. The maximum Gasteiger partial charge on any atom is 0.335 e.